The van der Waals surface area contributed by atoms with Crippen molar-refractivity contribution in [3.8, 4) is 5.75 Å². The number of benzene rings is 1. The van der Waals surface area contributed by atoms with Crippen LogP contribution in [0.5, 0.6) is 5.75 Å². The molecule has 5 heteroatoms. The second-order valence-corrected chi connectivity index (χ2v) is 6.17. The molecule has 0 saturated carbocycles. The van der Waals surface area contributed by atoms with Crippen LogP contribution in [0.3, 0.4) is 0 Å². The van der Waals surface area contributed by atoms with Crippen molar-refractivity contribution in [3.05, 3.63) is 57.8 Å². The van der Waals surface area contributed by atoms with E-state index < -0.39 is 0 Å². The van der Waals surface area contributed by atoms with E-state index in [-0.39, 0.29) is 11.7 Å². The topological polar surface area (TPSA) is 56.2 Å². The fraction of sp³-hybridized carbons (Fsp3) is 0.444. The fourth-order valence-corrected chi connectivity index (χ4v) is 2.88. The summed E-state index contributed by atoms with van der Waals surface area (Å²) in [4.78, 5) is 17.2. The first-order chi connectivity index (χ1) is 11.1. The van der Waals surface area contributed by atoms with Gasteiger partial charge in [0.25, 0.3) is 5.56 Å². The molecule has 0 amide bonds. The molecule has 23 heavy (non-hydrogen) atoms. The Morgan fingerprint density at radius 2 is 2.13 bits per heavy atom. The summed E-state index contributed by atoms with van der Waals surface area (Å²) in [6.45, 7) is 6.24. The van der Waals surface area contributed by atoms with E-state index >= 15 is 0 Å². The molecule has 122 valence electrons. The summed E-state index contributed by atoms with van der Waals surface area (Å²) in [6, 6.07) is 7.89. The molecule has 0 atom stereocenters. The maximum atomic E-state index is 12.7. The lowest BCUT2D eigenvalue weighted by atomic mass is 10.1. The summed E-state index contributed by atoms with van der Waals surface area (Å²) in [5.74, 6) is 0.831. The van der Waals surface area contributed by atoms with Gasteiger partial charge in [0.15, 0.2) is 0 Å². The molecule has 5 nitrogen and oxygen atoms in total. The van der Waals surface area contributed by atoms with Crippen LogP contribution in [0.25, 0.3) is 0 Å². The highest BCUT2D eigenvalue weighted by Gasteiger charge is 2.14. The molecule has 0 saturated heterocycles. The van der Waals surface area contributed by atoms with Gasteiger partial charge in [0.2, 0.25) is 0 Å². The lowest BCUT2D eigenvalue weighted by molar-refractivity contribution is 0.242. The molecule has 0 unspecified atom stereocenters. The zero-order chi connectivity index (χ0) is 16.2. The Morgan fingerprint density at radius 1 is 1.30 bits per heavy atom. The van der Waals surface area contributed by atoms with Crippen LogP contribution in [-0.2, 0) is 19.4 Å². The van der Waals surface area contributed by atoms with Crippen LogP contribution in [0.1, 0.15) is 30.7 Å². The molecule has 3 rings (SSSR count). The van der Waals surface area contributed by atoms with E-state index in [2.05, 4.69) is 10.3 Å². The summed E-state index contributed by atoms with van der Waals surface area (Å²) in [6.07, 6.45) is 3.37. The first kappa shape index (κ1) is 15.7. The van der Waals surface area contributed by atoms with E-state index in [0.717, 1.165) is 48.5 Å². The highest BCUT2D eigenvalue weighted by Crippen LogP contribution is 2.15. The number of nitrogens with one attached hydrogen (secondary N) is 1. The number of hydrogen-bond donors (Lipinski definition) is 1. The second kappa shape index (κ2) is 6.96. The zero-order valence-electron chi connectivity index (χ0n) is 13.7. The van der Waals surface area contributed by atoms with Crippen molar-refractivity contribution in [2.24, 2.45) is 0 Å². The molecule has 0 spiro atoms. The fourth-order valence-electron chi connectivity index (χ4n) is 2.88. The van der Waals surface area contributed by atoms with Crippen molar-refractivity contribution in [2.45, 2.75) is 39.3 Å². The Bertz CT molecular complexity index is 737. The summed E-state index contributed by atoms with van der Waals surface area (Å²) in [5.41, 5.74) is 2.91. The van der Waals surface area contributed by atoms with E-state index in [0.29, 0.717) is 6.54 Å². The molecule has 2 aromatic rings. The largest absolute Gasteiger partial charge is 0.491 e. The van der Waals surface area contributed by atoms with Crippen LogP contribution in [0, 0.1) is 0 Å². The van der Waals surface area contributed by atoms with Gasteiger partial charge in [0.05, 0.1) is 24.7 Å². The molecule has 0 aliphatic carbocycles. The van der Waals surface area contributed by atoms with E-state index in [9.17, 15) is 4.79 Å². The third-order valence-electron chi connectivity index (χ3n) is 3.93. The van der Waals surface area contributed by atoms with Crippen molar-refractivity contribution in [1.29, 1.82) is 0 Å². The van der Waals surface area contributed by atoms with Crippen LogP contribution < -0.4 is 15.6 Å². The monoisotopic (exact) mass is 313 g/mol. The van der Waals surface area contributed by atoms with Crippen molar-refractivity contribution < 1.29 is 4.74 Å². The van der Waals surface area contributed by atoms with Gasteiger partial charge in [-0.25, -0.2) is 4.98 Å². The van der Waals surface area contributed by atoms with Crippen LogP contribution in [-0.4, -0.2) is 28.7 Å². The number of nitrogens with zero attached hydrogens (tertiary/aromatic N) is 2. The first-order valence-corrected chi connectivity index (χ1v) is 8.17. The summed E-state index contributed by atoms with van der Waals surface area (Å²) >= 11 is 0. The average molecular weight is 313 g/mol. The Hall–Kier alpha value is -2.14. The number of aromatic nitrogens is 2. The number of hydrogen-bond acceptors (Lipinski definition) is 4. The zero-order valence-corrected chi connectivity index (χ0v) is 13.7. The summed E-state index contributed by atoms with van der Waals surface area (Å²) in [7, 11) is 0. The summed E-state index contributed by atoms with van der Waals surface area (Å²) in [5, 5.41) is 3.31. The van der Waals surface area contributed by atoms with Gasteiger partial charge in [-0.05, 0) is 44.5 Å². The lowest BCUT2D eigenvalue weighted by Gasteiger charge is -2.12. The molecule has 1 aromatic carbocycles. The molecular formula is C18H23N3O2. The average Bonchev–Trinajstić information content (AvgIpc) is 2.76. The molecule has 1 aliphatic heterocycles. The van der Waals surface area contributed by atoms with Crippen molar-refractivity contribution in [3.63, 3.8) is 0 Å². The third-order valence-corrected chi connectivity index (χ3v) is 3.93. The van der Waals surface area contributed by atoms with Gasteiger partial charge in [-0.1, -0.05) is 12.1 Å². The van der Waals surface area contributed by atoms with Gasteiger partial charge in [-0.15, -0.1) is 0 Å². The van der Waals surface area contributed by atoms with Crippen molar-refractivity contribution >= 4 is 0 Å². The molecular weight excluding hydrogens is 290 g/mol. The third kappa shape index (κ3) is 3.79. The minimum Gasteiger partial charge on any atom is -0.491 e. The number of fused-ring (bicyclic) bond motifs is 1. The smallest absolute Gasteiger partial charge is 0.257 e. The normalized spacial score (nSPS) is 14.4. The first-order valence-electron chi connectivity index (χ1n) is 8.17. The van der Waals surface area contributed by atoms with Gasteiger partial charge in [-0.2, -0.15) is 0 Å². The standard InChI is InChI=1S/C18H23N3O2/c1-13(2)23-15-5-3-4-14(10-15)11-21-12-20-17-7-9-19-8-6-16(17)18(21)22/h3-5,10,12-13,19H,6-9,11H2,1-2H3. The predicted octanol–water partition coefficient (Wildman–Crippen LogP) is 1.77. The SMILES string of the molecule is CC(C)Oc1cccc(Cn2cnc3c(c2=O)CCNCC3)c1. The molecule has 2 heterocycles. The molecule has 0 radical (unpaired) electrons. The Labute approximate surface area is 136 Å². The Balaban J connectivity index is 1.86. The number of rotatable bonds is 4. The minimum atomic E-state index is 0.0777. The minimum absolute atomic E-state index is 0.0777. The van der Waals surface area contributed by atoms with Gasteiger partial charge < -0.3 is 10.1 Å². The van der Waals surface area contributed by atoms with E-state index in [1.807, 2.05) is 38.1 Å². The lowest BCUT2D eigenvalue weighted by Crippen LogP contribution is -2.27. The predicted molar refractivity (Wildman–Crippen MR) is 90.1 cm³/mol. The van der Waals surface area contributed by atoms with Crippen molar-refractivity contribution in [1.82, 2.24) is 14.9 Å². The van der Waals surface area contributed by atoms with Crippen LogP contribution >= 0.6 is 0 Å². The van der Waals surface area contributed by atoms with E-state index in [1.165, 1.54) is 0 Å². The van der Waals surface area contributed by atoms with Crippen molar-refractivity contribution in [2.75, 3.05) is 13.1 Å². The molecule has 1 aromatic heterocycles. The maximum Gasteiger partial charge on any atom is 0.257 e. The van der Waals surface area contributed by atoms with Crippen LogP contribution in [0.4, 0.5) is 0 Å². The van der Waals surface area contributed by atoms with E-state index in [4.69, 9.17) is 4.74 Å². The highest BCUT2D eigenvalue weighted by molar-refractivity contribution is 5.29. The Morgan fingerprint density at radius 3 is 2.96 bits per heavy atom. The molecule has 1 N–H and O–H groups in total. The van der Waals surface area contributed by atoms with E-state index in [1.54, 1.807) is 10.9 Å². The molecule has 0 fully saturated rings. The van der Waals surface area contributed by atoms with Gasteiger partial charge in [0, 0.05) is 18.5 Å². The number of ether oxygens (including phenoxy) is 1. The molecule has 0 bridgehead atoms. The highest BCUT2D eigenvalue weighted by atomic mass is 16.5. The van der Waals surface area contributed by atoms with Gasteiger partial charge in [-0.3, -0.25) is 9.36 Å². The van der Waals surface area contributed by atoms with Crippen LogP contribution in [0.15, 0.2) is 35.4 Å². The Kier molecular flexibility index (Phi) is 4.76. The quantitative estimate of drug-likeness (QED) is 0.934. The maximum absolute atomic E-state index is 12.7. The second-order valence-electron chi connectivity index (χ2n) is 6.17. The summed E-state index contributed by atoms with van der Waals surface area (Å²) < 4.78 is 7.41. The van der Waals surface area contributed by atoms with Gasteiger partial charge in [0.1, 0.15) is 5.75 Å². The van der Waals surface area contributed by atoms with Crippen LogP contribution in [0.2, 0.25) is 0 Å². The molecule has 1 aliphatic rings. The van der Waals surface area contributed by atoms with Gasteiger partial charge >= 0.3 is 0 Å².